The summed E-state index contributed by atoms with van der Waals surface area (Å²) in [7, 11) is 0. The van der Waals surface area contributed by atoms with Gasteiger partial charge in [-0.2, -0.15) is 0 Å². The summed E-state index contributed by atoms with van der Waals surface area (Å²) in [6.07, 6.45) is -0.142. The molecule has 7 rings (SSSR count). The standard InChI is InChI=1S/C46H48Cl2N4O5S/c1-46(2,3)57-45(55)52(21-20-34-12-10-26-58-34)29-32-11-4-9-17-42(32)50-22-24-51(25-23-50)43(53)41(27-31-18-19-33(47)28-40(31)48)49-44(54)56-30-39-37-15-7-5-13-35(37)36-14-6-8-16-38(36)39/h4-19,26,28,39,41H,20-25,27,29-30H2,1-3H3,(H,49,54)/t41-/m1/s1. The first kappa shape index (κ1) is 41.1. The van der Waals surface area contributed by atoms with Crippen LogP contribution in [0.4, 0.5) is 15.3 Å². The van der Waals surface area contributed by atoms with Crippen molar-refractivity contribution in [3.05, 3.63) is 146 Å². The third-order valence-corrected chi connectivity index (χ3v) is 12.0. The van der Waals surface area contributed by atoms with Gasteiger partial charge in [-0.3, -0.25) is 4.79 Å². The lowest BCUT2D eigenvalue weighted by Crippen LogP contribution is -2.56. The van der Waals surface area contributed by atoms with Gasteiger partial charge < -0.3 is 29.5 Å². The molecule has 2 heterocycles. The van der Waals surface area contributed by atoms with Crippen LogP contribution in [-0.2, 0) is 33.7 Å². The maximum Gasteiger partial charge on any atom is 0.410 e. The number of hydrogen-bond acceptors (Lipinski definition) is 7. The molecule has 0 bridgehead atoms. The molecule has 2 aliphatic rings. The van der Waals surface area contributed by atoms with E-state index in [1.165, 1.54) is 4.88 Å². The van der Waals surface area contributed by atoms with Crippen LogP contribution < -0.4 is 10.2 Å². The molecule has 302 valence electrons. The molecule has 1 aliphatic carbocycles. The van der Waals surface area contributed by atoms with Crippen molar-refractivity contribution in [1.29, 1.82) is 0 Å². The highest BCUT2D eigenvalue weighted by molar-refractivity contribution is 7.09. The molecule has 0 radical (unpaired) electrons. The minimum atomic E-state index is -0.932. The number of fused-ring (bicyclic) bond motifs is 3. The van der Waals surface area contributed by atoms with E-state index in [4.69, 9.17) is 32.7 Å². The first-order chi connectivity index (χ1) is 27.9. The van der Waals surface area contributed by atoms with Crippen molar-refractivity contribution < 1.29 is 23.9 Å². The van der Waals surface area contributed by atoms with Gasteiger partial charge in [0.15, 0.2) is 0 Å². The fourth-order valence-electron chi connectivity index (χ4n) is 7.70. The Morgan fingerprint density at radius 1 is 0.845 bits per heavy atom. The number of carbonyl (C=O) groups excluding carboxylic acids is 3. The Morgan fingerprint density at radius 2 is 1.52 bits per heavy atom. The van der Waals surface area contributed by atoms with Crippen molar-refractivity contribution >= 4 is 58.3 Å². The van der Waals surface area contributed by atoms with Gasteiger partial charge in [-0.25, -0.2) is 9.59 Å². The van der Waals surface area contributed by atoms with Gasteiger partial charge in [0.2, 0.25) is 5.91 Å². The largest absolute Gasteiger partial charge is 0.449 e. The summed E-state index contributed by atoms with van der Waals surface area (Å²) in [6, 6.07) is 32.7. The van der Waals surface area contributed by atoms with Gasteiger partial charge in [-0.15, -0.1) is 11.3 Å². The Kier molecular flexibility index (Phi) is 13.0. The number of piperazine rings is 1. The molecule has 1 atom stereocenters. The molecule has 1 saturated heterocycles. The summed E-state index contributed by atoms with van der Waals surface area (Å²) in [6.45, 7) is 8.62. The minimum absolute atomic E-state index is 0.119. The van der Waals surface area contributed by atoms with Gasteiger partial charge in [0.25, 0.3) is 0 Å². The summed E-state index contributed by atoms with van der Waals surface area (Å²) in [5.41, 5.74) is 6.52. The third-order valence-electron chi connectivity index (χ3n) is 10.5. The third kappa shape index (κ3) is 9.97. The van der Waals surface area contributed by atoms with Crippen molar-refractivity contribution in [2.75, 3.05) is 44.2 Å². The lowest BCUT2D eigenvalue weighted by atomic mass is 9.98. The zero-order chi connectivity index (χ0) is 40.8. The molecule has 1 fully saturated rings. The first-order valence-corrected chi connectivity index (χ1v) is 21.2. The first-order valence-electron chi connectivity index (χ1n) is 19.6. The quantitative estimate of drug-likeness (QED) is 0.135. The Hall–Kier alpha value is -5.03. The van der Waals surface area contributed by atoms with E-state index in [1.807, 2.05) is 74.7 Å². The summed E-state index contributed by atoms with van der Waals surface area (Å²) >= 11 is 14.5. The number of para-hydroxylation sites is 1. The van der Waals surface area contributed by atoms with Crippen molar-refractivity contribution in [2.24, 2.45) is 0 Å². The number of benzene rings is 4. The van der Waals surface area contributed by atoms with Crippen LogP contribution in [0.3, 0.4) is 0 Å². The molecule has 0 saturated carbocycles. The van der Waals surface area contributed by atoms with Gasteiger partial charge in [-0.05, 0) is 90.2 Å². The Labute approximate surface area is 354 Å². The molecule has 5 aromatic rings. The van der Waals surface area contributed by atoms with E-state index in [1.54, 1.807) is 39.3 Å². The maximum absolute atomic E-state index is 14.3. The zero-order valence-corrected chi connectivity index (χ0v) is 35.3. The number of nitrogens with one attached hydrogen (secondary N) is 1. The number of alkyl carbamates (subject to hydrolysis) is 1. The van der Waals surface area contributed by atoms with Crippen LogP contribution in [-0.4, -0.2) is 78.9 Å². The summed E-state index contributed by atoms with van der Waals surface area (Å²) in [4.78, 5) is 48.3. The fraction of sp³-hybridized carbons (Fsp3) is 0.326. The molecule has 3 amide bonds. The second kappa shape index (κ2) is 18.3. The average molecular weight is 840 g/mol. The highest BCUT2D eigenvalue weighted by Gasteiger charge is 2.33. The molecule has 0 spiro atoms. The van der Waals surface area contributed by atoms with Crippen LogP contribution in [0.5, 0.6) is 0 Å². The predicted octanol–water partition coefficient (Wildman–Crippen LogP) is 9.83. The highest BCUT2D eigenvalue weighted by Crippen LogP contribution is 2.44. The van der Waals surface area contributed by atoms with E-state index in [9.17, 15) is 14.4 Å². The van der Waals surface area contributed by atoms with Crippen molar-refractivity contribution in [1.82, 2.24) is 15.1 Å². The number of thiophene rings is 1. The monoisotopic (exact) mass is 838 g/mol. The van der Waals surface area contributed by atoms with E-state index in [0.717, 1.165) is 39.9 Å². The maximum atomic E-state index is 14.3. The van der Waals surface area contributed by atoms with Crippen LogP contribution in [0, 0.1) is 0 Å². The Bertz CT molecular complexity index is 2190. The molecule has 58 heavy (non-hydrogen) atoms. The second-order valence-corrected chi connectivity index (χ2v) is 17.5. The molecule has 4 aromatic carbocycles. The van der Waals surface area contributed by atoms with E-state index >= 15 is 0 Å². The van der Waals surface area contributed by atoms with Gasteiger partial charge in [0.1, 0.15) is 18.2 Å². The number of anilines is 1. The molecule has 0 unspecified atom stereocenters. The molecule has 1 aromatic heterocycles. The molecule has 12 heteroatoms. The smallest absolute Gasteiger partial charge is 0.410 e. The number of amides is 3. The Morgan fingerprint density at radius 3 is 2.17 bits per heavy atom. The molecule has 1 aliphatic heterocycles. The lowest BCUT2D eigenvalue weighted by molar-refractivity contribution is -0.133. The van der Waals surface area contributed by atoms with Crippen LogP contribution in [0.1, 0.15) is 53.8 Å². The average Bonchev–Trinajstić information content (AvgIpc) is 3.85. The van der Waals surface area contributed by atoms with E-state index < -0.39 is 17.7 Å². The van der Waals surface area contributed by atoms with E-state index in [-0.39, 0.29) is 30.9 Å². The van der Waals surface area contributed by atoms with E-state index in [0.29, 0.717) is 54.9 Å². The molecular formula is C46H48Cl2N4O5S. The van der Waals surface area contributed by atoms with Crippen LogP contribution in [0.15, 0.2) is 109 Å². The lowest BCUT2D eigenvalue weighted by Gasteiger charge is -2.39. The Balaban J connectivity index is 1.03. The summed E-state index contributed by atoms with van der Waals surface area (Å²) in [5.74, 6) is -0.344. The number of hydrogen-bond donors (Lipinski definition) is 1. The van der Waals surface area contributed by atoms with Crippen LogP contribution in [0.25, 0.3) is 11.1 Å². The van der Waals surface area contributed by atoms with Crippen molar-refractivity contribution in [3.8, 4) is 11.1 Å². The van der Waals surface area contributed by atoms with Crippen molar-refractivity contribution in [3.63, 3.8) is 0 Å². The zero-order valence-electron chi connectivity index (χ0n) is 33.0. The minimum Gasteiger partial charge on any atom is -0.449 e. The number of nitrogens with zero attached hydrogens (tertiary/aromatic N) is 3. The van der Waals surface area contributed by atoms with Gasteiger partial charge in [0.05, 0.1) is 6.54 Å². The molecular weight excluding hydrogens is 792 g/mol. The fourth-order valence-corrected chi connectivity index (χ4v) is 8.88. The van der Waals surface area contributed by atoms with Crippen LogP contribution >= 0.6 is 34.5 Å². The van der Waals surface area contributed by atoms with Gasteiger partial charge in [0, 0.05) is 65.7 Å². The van der Waals surface area contributed by atoms with Crippen molar-refractivity contribution in [2.45, 2.75) is 57.7 Å². The van der Waals surface area contributed by atoms with Gasteiger partial charge >= 0.3 is 12.2 Å². The second-order valence-electron chi connectivity index (χ2n) is 15.6. The number of ether oxygens (including phenoxy) is 2. The normalized spacial score (nSPS) is 14.4. The predicted molar refractivity (Wildman–Crippen MR) is 232 cm³/mol. The highest BCUT2D eigenvalue weighted by atomic mass is 35.5. The summed E-state index contributed by atoms with van der Waals surface area (Å²) in [5, 5.41) is 5.83. The molecule has 9 nitrogen and oxygen atoms in total. The number of carbonyl (C=O) groups is 3. The molecule has 1 N–H and O–H groups in total. The van der Waals surface area contributed by atoms with Gasteiger partial charge in [-0.1, -0.05) is 102 Å². The number of halogens is 2. The van der Waals surface area contributed by atoms with Crippen LogP contribution in [0.2, 0.25) is 10.0 Å². The number of rotatable bonds is 12. The topological polar surface area (TPSA) is 91.4 Å². The van der Waals surface area contributed by atoms with E-state index in [2.05, 4.69) is 46.6 Å². The summed E-state index contributed by atoms with van der Waals surface area (Å²) < 4.78 is 11.7. The SMILES string of the molecule is CC(C)(C)OC(=O)N(CCc1cccs1)Cc1ccccc1N1CCN(C(=O)[C@@H](Cc2ccc(Cl)cc2Cl)NC(=O)OCC2c3ccccc3-c3ccccc32)CC1.